The summed E-state index contributed by atoms with van der Waals surface area (Å²) in [5.74, 6) is 0.189. The van der Waals surface area contributed by atoms with Crippen LogP contribution in [-0.2, 0) is 19.1 Å². The Morgan fingerprint density at radius 1 is 1.38 bits per heavy atom. The Morgan fingerprint density at radius 2 is 2.19 bits per heavy atom. The number of nitrogens with zero attached hydrogens (tertiary/aromatic N) is 2. The van der Waals surface area contributed by atoms with Crippen LogP contribution in [0.3, 0.4) is 0 Å². The van der Waals surface area contributed by atoms with Crippen molar-refractivity contribution >= 4 is 28.6 Å². The zero-order valence-electron chi connectivity index (χ0n) is 15.2. The van der Waals surface area contributed by atoms with E-state index in [9.17, 15) is 9.59 Å². The maximum Gasteiger partial charge on any atom is 0.311 e. The summed E-state index contributed by atoms with van der Waals surface area (Å²) >= 11 is 0. The molecule has 0 bridgehead atoms. The summed E-state index contributed by atoms with van der Waals surface area (Å²) in [5.41, 5.74) is 2.48. The van der Waals surface area contributed by atoms with Gasteiger partial charge in [0, 0.05) is 19.3 Å². The average molecular weight is 360 g/mol. The molecule has 8 heteroatoms. The van der Waals surface area contributed by atoms with Crippen molar-refractivity contribution in [3.8, 4) is 0 Å². The number of aromatic amines is 1. The summed E-state index contributed by atoms with van der Waals surface area (Å²) in [6.45, 7) is 3.30. The maximum atomic E-state index is 12.4. The molecule has 2 aromatic rings. The number of piperidine rings is 1. The minimum absolute atomic E-state index is 0.105. The van der Waals surface area contributed by atoms with Gasteiger partial charge in [-0.1, -0.05) is 0 Å². The molecule has 1 aromatic carbocycles. The van der Waals surface area contributed by atoms with Crippen LogP contribution >= 0.6 is 0 Å². The van der Waals surface area contributed by atoms with Gasteiger partial charge in [-0.3, -0.25) is 14.5 Å². The van der Waals surface area contributed by atoms with Gasteiger partial charge in [0.15, 0.2) is 0 Å². The molecule has 1 amide bonds. The molecular weight excluding hydrogens is 336 g/mol. The summed E-state index contributed by atoms with van der Waals surface area (Å²) in [4.78, 5) is 33.7. The second-order valence-corrected chi connectivity index (χ2v) is 6.53. The van der Waals surface area contributed by atoms with Crippen molar-refractivity contribution in [1.29, 1.82) is 0 Å². The minimum atomic E-state index is -0.282. The molecule has 2 unspecified atom stereocenters. The third-order valence-electron chi connectivity index (χ3n) is 4.70. The fraction of sp³-hybridized carbons (Fsp3) is 0.500. The number of fused-ring (bicyclic) bond motifs is 1. The monoisotopic (exact) mass is 360 g/mol. The number of hydrogen-bond acceptors (Lipinski definition) is 6. The number of likely N-dealkylation sites (tertiary alicyclic amines) is 1. The molecule has 2 N–H and O–H groups in total. The second kappa shape index (κ2) is 7.84. The van der Waals surface area contributed by atoms with Gasteiger partial charge in [-0.25, -0.2) is 4.98 Å². The highest BCUT2D eigenvalue weighted by molar-refractivity contribution is 5.94. The predicted molar refractivity (Wildman–Crippen MR) is 96.8 cm³/mol. The third-order valence-corrected chi connectivity index (χ3v) is 4.70. The number of H-pyrrole nitrogens is 1. The molecule has 1 saturated heterocycles. The van der Waals surface area contributed by atoms with Gasteiger partial charge in [-0.15, -0.1) is 0 Å². The number of carbonyl (C=O) groups excluding carboxylic acids is 2. The van der Waals surface area contributed by atoms with Crippen LogP contribution in [0.4, 0.5) is 5.69 Å². The van der Waals surface area contributed by atoms with Gasteiger partial charge in [0.25, 0.3) is 0 Å². The number of carbonyl (C=O) groups is 2. The van der Waals surface area contributed by atoms with Crippen LogP contribution in [0.5, 0.6) is 0 Å². The molecule has 1 aliphatic rings. The molecule has 3 rings (SSSR count). The SMILES string of the molecule is COC(=O)C1CCN(CC(=O)Nc2ccc3nc(C)[nH]c3c2)CC1OC. The van der Waals surface area contributed by atoms with E-state index in [-0.39, 0.29) is 30.4 Å². The fourth-order valence-electron chi connectivity index (χ4n) is 3.40. The molecular formula is C18H24N4O4. The lowest BCUT2D eigenvalue weighted by Gasteiger charge is -2.35. The third kappa shape index (κ3) is 4.03. The van der Waals surface area contributed by atoms with Gasteiger partial charge in [-0.2, -0.15) is 0 Å². The Balaban J connectivity index is 1.58. The normalized spacial score (nSPS) is 20.9. The fourth-order valence-corrected chi connectivity index (χ4v) is 3.40. The summed E-state index contributed by atoms with van der Waals surface area (Å²) in [5, 5.41) is 2.91. The standard InChI is InChI=1S/C18H24N4O4/c1-11-19-14-5-4-12(8-15(14)20-11)21-17(23)10-22-7-6-13(18(24)26-3)16(9-22)25-2/h4-5,8,13,16H,6-7,9-10H2,1-3H3,(H,19,20)(H,21,23). The van der Waals surface area contributed by atoms with Crippen LogP contribution < -0.4 is 5.32 Å². The first-order valence-electron chi connectivity index (χ1n) is 8.59. The van der Waals surface area contributed by atoms with Crippen LogP contribution in [0.1, 0.15) is 12.2 Å². The molecule has 0 saturated carbocycles. The van der Waals surface area contributed by atoms with E-state index in [0.717, 1.165) is 22.5 Å². The molecule has 0 aliphatic carbocycles. The van der Waals surface area contributed by atoms with Gasteiger partial charge in [-0.05, 0) is 38.1 Å². The first-order chi connectivity index (χ1) is 12.5. The number of aromatic nitrogens is 2. The number of ether oxygens (including phenoxy) is 2. The number of rotatable bonds is 5. The van der Waals surface area contributed by atoms with Gasteiger partial charge >= 0.3 is 5.97 Å². The van der Waals surface area contributed by atoms with Crippen LogP contribution in [0.15, 0.2) is 18.2 Å². The molecule has 1 aliphatic heterocycles. The minimum Gasteiger partial charge on any atom is -0.469 e. The highest BCUT2D eigenvalue weighted by atomic mass is 16.5. The Labute approximate surface area is 151 Å². The van der Waals surface area contributed by atoms with Crippen molar-refractivity contribution in [3.05, 3.63) is 24.0 Å². The highest BCUT2D eigenvalue weighted by Crippen LogP contribution is 2.22. The van der Waals surface area contributed by atoms with E-state index < -0.39 is 0 Å². The van der Waals surface area contributed by atoms with Crippen molar-refractivity contribution in [3.63, 3.8) is 0 Å². The van der Waals surface area contributed by atoms with E-state index in [1.165, 1.54) is 7.11 Å². The van der Waals surface area contributed by atoms with Crippen molar-refractivity contribution in [2.24, 2.45) is 5.92 Å². The number of imidazole rings is 1. The molecule has 0 spiro atoms. The lowest BCUT2D eigenvalue weighted by atomic mass is 9.94. The van der Waals surface area contributed by atoms with Crippen molar-refractivity contribution in [2.75, 3.05) is 39.2 Å². The summed E-state index contributed by atoms with van der Waals surface area (Å²) < 4.78 is 10.3. The number of amides is 1. The lowest BCUT2D eigenvalue weighted by Crippen LogP contribution is -2.49. The number of anilines is 1. The Morgan fingerprint density at radius 3 is 2.92 bits per heavy atom. The van der Waals surface area contributed by atoms with E-state index in [4.69, 9.17) is 9.47 Å². The largest absolute Gasteiger partial charge is 0.469 e. The molecule has 8 nitrogen and oxygen atoms in total. The lowest BCUT2D eigenvalue weighted by molar-refractivity contribution is -0.153. The Hall–Kier alpha value is -2.45. The van der Waals surface area contributed by atoms with E-state index in [1.807, 2.05) is 30.0 Å². The molecule has 140 valence electrons. The number of methoxy groups -OCH3 is 2. The summed E-state index contributed by atoms with van der Waals surface area (Å²) in [6.07, 6.45) is 0.339. The highest BCUT2D eigenvalue weighted by Gasteiger charge is 2.35. The molecule has 2 heterocycles. The quantitative estimate of drug-likeness (QED) is 0.781. The first-order valence-corrected chi connectivity index (χ1v) is 8.59. The van der Waals surface area contributed by atoms with Gasteiger partial charge < -0.3 is 19.8 Å². The van der Waals surface area contributed by atoms with E-state index >= 15 is 0 Å². The number of esters is 1. The predicted octanol–water partition coefficient (Wildman–Crippen LogP) is 1.32. The van der Waals surface area contributed by atoms with Gasteiger partial charge in [0.05, 0.1) is 36.7 Å². The zero-order valence-corrected chi connectivity index (χ0v) is 15.2. The van der Waals surface area contributed by atoms with Crippen LogP contribution in [0, 0.1) is 12.8 Å². The molecule has 2 atom stereocenters. The molecule has 0 radical (unpaired) electrons. The smallest absolute Gasteiger partial charge is 0.311 e. The molecule has 1 fully saturated rings. The summed E-state index contributed by atoms with van der Waals surface area (Å²) in [7, 11) is 2.96. The van der Waals surface area contributed by atoms with Crippen LogP contribution in [0.25, 0.3) is 11.0 Å². The first kappa shape index (κ1) is 18.3. The number of aryl methyl sites for hydroxylation is 1. The number of benzene rings is 1. The van der Waals surface area contributed by atoms with Gasteiger partial charge in [0.2, 0.25) is 5.91 Å². The van der Waals surface area contributed by atoms with E-state index in [0.29, 0.717) is 19.5 Å². The Kier molecular flexibility index (Phi) is 5.53. The Bertz CT molecular complexity index is 804. The zero-order chi connectivity index (χ0) is 18.7. The topological polar surface area (TPSA) is 96.5 Å². The van der Waals surface area contributed by atoms with Crippen LogP contribution in [0.2, 0.25) is 0 Å². The van der Waals surface area contributed by atoms with Crippen molar-refractivity contribution in [1.82, 2.24) is 14.9 Å². The van der Waals surface area contributed by atoms with E-state index in [1.54, 1.807) is 7.11 Å². The maximum absolute atomic E-state index is 12.4. The average Bonchev–Trinajstić information content (AvgIpc) is 3.00. The van der Waals surface area contributed by atoms with Crippen molar-refractivity contribution in [2.45, 2.75) is 19.4 Å². The number of hydrogen-bond donors (Lipinski definition) is 2. The number of nitrogens with one attached hydrogen (secondary N) is 2. The van der Waals surface area contributed by atoms with Crippen LogP contribution in [-0.4, -0.2) is 66.7 Å². The van der Waals surface area contributed by atoms with E-state index in [2.05, 4.69) is 15.3 Å². The summed E-state index contributed by atoms with van der Waals surface area (Å²) in [6, 6.07) is 5.58. The van der Waals surface area contributed by atoms with Crippen molar-refractivity contribution < 1.29 is 19.1 Å². The molecule has 26 heavy (non-hydrogen) atoms. The van der Waals surface area contributed by atoms with Gasteiger partial charge in [0.1, 0.15) is 5.82 Å². The molecule has 1 aromatic heterocycles. The second-order valence-electron chi connectivity index (χ2n) is 6.53.